The number of piperidine rings is 1. The van der Waals surface area contributed by atoms with Crippen molar-refractivity contribution in [3.8, 4) is 0 Å². The van der Waals surface area contributed by atoms with Crippen molar-refractivity contribution in [1.29, 1.82) is 0 Å². The average molecular weight is 377 g/mol. The number of hydrogen-bond acceptors (Lipinski definition) is 5. The Balaban J connectivity index is 1.70. The number of aliphatic hydroxyl groups is 1. The monoisotopic (exact) mass is 377 g/mol. The lowest BCUT2D eigenvalue weighted by atomic mass is 9.90. The molecule has 2 heterocycles. The van der Waals surface area contributed by atoms with Crippen LogP contribution >= 0.6 is 0 Å². The van der Waals surface area contributed by atoms with Gasteiger partial charge in [0.05, 0.1) is 25.4 Å². The van der Waals surface area contributed by atoms with Crippen LogP contribution in [0.4, 0.5) is 4.79 Å². The maximum Gasteiger partial charge on any atom is 0.410 e. The lowest BCUT2D eigenvalue weighted by molar-refractivity contribution is -0.202. The molecule has 1 aromatic carbocycles. The normalized spacial score (nSPS) is 23.4. The summed E-state index contributed by atoms with van der Waals surface area (Å²) in [7, 11) is 0. The summed E-state index contributed by atoms with van der Waals surface area (Å²) in [6.45, 7) is 7.10. The number of benzene rings is 1. The van der Waals surface area contributed by atoms with E-state index in [2.05, 4.69) is 0 Å². The van der Waals surface area contributed by atoms with Gasteiger partial charge in [0.1, 0.15) is 5.60 Å². The Morgan fingerprint density at radius 3 is 2.59 bits per heavy atom. The van der Waals surface area contributed by atoms with Gasteiger partial charge < -0.3 is 24.2 Å². The zero-order chi connectivity index (χ0) is 19.5. The van der Waals surface area contributed by atoms with Crippen molar-refractivity contribution >= 4 is 6.09 Å². The number of aliphatic hydroxyl groups excluding tert-OH is 1. The molecular formula is C21H31NO5. The summed E-state index contributed by atoms with van der Waals surface area (Å²) in [5.74, 6) is -0.684. The average Bonchev–Trinajstić information content (AvgIpc) is 3.06. The third-order valence-corrected chi connectivity index (χ3v) is 5.11. The second-order valence-electron chi connectivity index (χ2n) is 8.39. The first-order valence-electron chi connectivity index (χ1n) is 9.78. The second kappa shape index (κ2) is 8.17. The van der Waals surface area contributed by atoms with E-state index in [-0.39, 0.29) is 6.09 Å². The van der Waals surface area contributed by atoms with Gasteiger partial charge in [-0.2, -0.15) is 0 Å². The fourth-order valence-corrected chi connectivity index (χ4v) is 3.79. The molecule has 27 heavy (non-hydrogen) atoms. The van der Waals surface area contributed by atoms with Gasteiger partial charge in [-0.1, -0.05) is 30.3 Å². The highest BCUT2D eigenvalue weighted by Gasteiger charge is 2.48. The molecule has 1 N–H and O–H groups in total. The number of rotatable bonds is 4. The van der Waals surface area contributed by atoms with E-state index in [4.69, 9.17) is 14.2 Å². The van der Waals surface area contributed by atoms with Crippen LogP contribution in [0.25, 0.3) is 0 Å². The topological polar surface area (TPSA) is 68.2 Å². The Bertz CT molecular complexity index is 621. The van der Waals surface area contributed by atoms with E-state index in [1.807, 2.05) is 51.1 Å². The van der Waals surface area contributed by atoms with Crippen LogP contribution < -0.4 is 0 Å². The molecular weight excluding hydrogens is 346 g/mol. The Morgan fingerprint density at radius 2 is 1.96 bits per heavy atom. The molecule has 0 radical (unpaired) electrons. The summed E-state index contributed by atoms with van der Waals surface area (Å²) < 4.78 is 17.2. The van der Waals surface area contributed by atoms with Crippen molar-refractivity contribution in [1.82, 2.24) is 4.90 Å². The molecule has 6 heteroatoms. The molecule has 150 valence electrons. The molecule has 0 aromatic heterocycles. The van der Waals surface area contributed by atoms with Gasteiger partial charge >= 0.3 is 6.09 Å². The molecule has 1 spiro atoms. The second-order valence-corrected chi connectivity index (χ2v) is 8.39. The van der Waals surface area contributed by atoms with Crippen LogP contribution in [0.5, 0.6) is 0 Å². The van der Waals surface area contributed by atoms with Crippen LogP contribution in [0.1, 0.15) is 45.6 Å². The maximum absolute atomic E-state index is 12.7. The van der Waals surface area contributed by atoms with Crippen molar-refractivity contribution in [2.45, 2.75) is 70.0 Å². The summed E-state index contributed by atoms with van der Waals surface area (Å²) in [6.07, 6.45) is 1.29. The van der Waals surface area contributed by atoms with E-state index in [1.165, 1.54) is 5.56 Å². The minimum atomic E-state index is -0.684. The molecule has 2 unspecified atom stereocenters. The molecule has 0 saturated carbocycles. The summed E-state index contributed by atoms with van der Waals surface area (Å²) in [4.78, 5) is 14.4. The Morgan fingerprint density at radius 1 is 1.30 bits per heavy atom. The molecule has 0 bridgehead atoms. The highest BCUT2D eigenvalue weighted by atomic mass is 16.7. The van der Waals surface area contributed by atoms with E-state index >= 15 is 0 Å². The van der Waals surface area contributed by atoms with Crippen molar-refractivity contribution in [2.75, 3.05) is 19.8 Å². The fourth-order valence-electron chi connectivity index (χ4n) is 3.79. The first-order valence-corrected chi connectivity index (χ1v) is 9.78. The van der Waals surface area contributed by atoms with Crippen LogP contribution in [0, 0.1) is 0 Å². The Hall–Kier alpha value is -1.63. The highest BCUT2D eigenvalue weighted by Crippen LogP contribution is 2.37. The first-order chi connectivity index (χ1) is 12.8. The van der Waals surface area contributed by atoms with Gasteiger partial charge in [0.15, 0.2) is 5.79 Å². The number of amides is 1. The summed E-state index contributed by atoms with van der Waals surface area (Å²) in [5.41, 5.74) is 0.589. The summed E-state index contributed by atoms with van der Waals surface area (Å²) >= 11 is 0. The number of carbonyl (C=O) groups excluding carboxylic acids is 1. The van der Waals surface area contributed by atoms with Gasteiger partial charge in [-0.3, -0.25) is 0 Å². The first kappa shape index (κ1) is 20.1. The number of nitrogens with zero attached hydrogens (tertiary/aromatic N) is 1. The van der Waals surface area contributed by atoms with Crippen LogP contribution in [0.3, 0.4) is 0 Å². The number of aryl methyl sites for hydroxylation is 1. The van der Waals surface area contributed by atoms with Gasteiger partial charge in [-0.25, -0.2) is 4.79 Å². The molecule has 0 aliphatic carbocycles. The van der Waals surface area contributed by atoms with E-state index in [0.717, 1.165) is 6.42 Å². The highest BCUT2D eigenvalue weighted by molar-refractivity contribution is 5.69. The summed E-state index contributed by atoms with van der Waals surface area (Å²) in [6, 6.07) is 9.66. The zero-order valence-corrected chi connectivity index (χ0v) is 16.5. The van der Waals surface area contributed by atoms with Gasteiger partial charge in [-0.15, -0.1) is 0 Å². The number of carbonyl (C=O) groups is 1. The third kappa shape index (κ3) is 5.21. The lowest BCUT2D eigenvalue weighted by Gasteiger charge is -2.45. The lowest BCUT2D eigenvalue weighted by Crippen LogP contribution is -2.58. The standard InChI is InChI=1S/C21H31NO5/c1-20(2,3)27-19(24)22-12-11-21(25-13-14-26-21)15-17(22)18(23)10-9-16-7-5-4-6-8-16/h4-8,17-18,23H,9-15H2,1-3H3. The predicted octanol–water partition coefficient (Wildman–Crippen LogP) is 3.12. The van der Waals surface area contributed by atoms with Crippen molar-refractivity contribution in [3.05, 3.63) is 35.9 Å². The third-order valence-electron chi connectivity index (χ3n) is 5.11. The van der Waals surface area contributed by atoms with Crippen molar-refractivity contribution in [2.24, 2.45) is 0 Å². The van der Waals surface area contributed by atoms with E-state index in [9.17, 15) is 9.90 Å². The van der Waals surface area contributed by atoms with Gasteiger partial charge in [0.2, 0.25) is 0 Å². The van der Waals surface area contributed by atoms with Crippen LogP contribution in [0.15, 0.2) is 30.3 Å². The zero-order valence-electron chi connectivity index (χ0n) is 16.5. The smallest absolute Gasteiger partial charge is 0.410 e. The summed E-state index contributed by atoms with van der Waals surface area (Å²) in [5, 5.41) is 10.9. The molecule has 2 aliphatic rings. The Kier molecular flexibility index (Phi) is 6.08. The van der Waals surface area contributed by atoms with E-state index < -0.39 is 23.5 Å². The molecule has 2 aliphatic heterocycles. The number of hydrogen-bond donors (Lipinski definition) is 1. The van der Waals surface area contributed by atoms with Crippen LogP contribution in [0.2, 0.25) is 0 Å². The van der Waals surface area contributed by atoms with Crippen molar-refractivity contribution < 1.29 is 24.1 Å². The molecule has 1 amide bonds. The van der Waals surface area contributed by atoms with Gasteiger partial charge in [-0.05, 0) is 39.2 Å². The minimum Gasteiger partial charge on any atom is -0.444 e. The molecule has 3 rings (SSSR count). The predicted molar refractivity (Wildman–Crippen MR) is 101 cm³/mol. The molecule has 2 atom stereocenters. The SMILES string of the molecule is CC(C)(C)OC(=O)N1CCC2(CC1C(O)CCc1ccccc1)OCCO2. The number of likely N-dealkylation sites (tertiary alicyclic amines) is 1. The molecule has 1 aromatic rings. The van der Waals surface area contributed by atoms with E-state index in [0.29, 0.717) is 39.0 Å². The van der Waals surface area contributed by atoms with Gasteiger partial charge in [0, 0.05) is 19.4 Å². The van der Waals surface area contributed by atoms with Gasteiger partial charge in [0.25, 0.3) is 0 Å². The van der Waals surface area contributed by atoms with Crippen LogP contribution in [-0.2, 0) is 20.6 Å². The fraction of sp³-hybridized carbons (Fsp3) is 0.667. The molecule has 6 nitrogen and oxygen atoms in total. The van der Waals surface area contributed by atoms with Crippen LogP contribution in [-0.4, -0.2) is 59.4 Å². The quantitative estimate of drug-likeness (QED) is 0.873. The molecule has 2 fully saturated rings. The number of ether oxygens (including phenoxy) is 3. The minimum absolute atomic E-state index is 0.390. The van der Waals surface area contributed by atoms with E-state index in [1.54, 1.807) is 4.90 Å². The van der Waals surface area contributed by atoms with Crippen molar-refractivity contribution in [3.63, 3.8) is 0 Å². The Labute approximate surface area is 161 Å². The largest absolute Gasteiger partial charge is 0.444 e. The maximum atomic E-state index is 12.7. The molecule has 2 saturated heterocycles.